The normalized spacial score (nSPS) is 24.6. The Morgan fingerprint density at radius 1 is 0.903 bits per heavy atom. The second-order valence-corrected chi connectivity index (χ2v) is 8.06. The Bertz CT molecular complexity index is 655. The molecule has 0 bridgehead atoms. The lowest BCUT2D eigenvalue weighted by molar-refractivity contribution is -0.144. The summed E-state index contributed by atoms with van der Waals surface area (Å²) < 4.78 is 0. The van der Waals surface area contributed by atoms with Crippen molar-refractivity contribution < 1.29 is 39.6 Å². The van der Waals surface area contributed by atoms with Crippen LogP contribution in [0.5, 0.6) is 0 Å². The lowest BCUT2D eigenvalue weighted by Crippen LogP contribution is -2.59. The molecule has 1 saturated heterocycles. The lowest BCUT2D eigenvalue weighted by Gasteiger charge is -2.29. The highest BCUT2D eigenvalue weighted by Gasteiger charge is 2.35. The van der Waals surface area contributed by atoms with Gasteiger partial charge in [-0.3, -0.25) is 14.4 Å². The predicted molar refractivity (Wildman–Crippen MR) is 107 cm³/mol. The number of rotatable bonds is 10. The first-order valence-electron chi connectivity index (χ1n) is 10.5. The Labute approximate surface area is 179 Å². The second kappa shape index (κ2) is 11.9. The minimum Gasteiger partial charge on any atom is -0.480 e. The molecule has 31 heavy (non-hydrogen) atoms. The largest absolute Gasteiger partial charge is 0.480 e. The highest BCUT2D eigenvalue weighted by atomic mass is 16.4. The van der Waals surface area contributed by atoms with E-state index in [0.29, 0.717) is 12.8 Å². The maximum absolute atomic E-state index is 12.5. The van der Waals surface area contributed by atoms with Crippen molar-refractivity contribution in [2.75, 3.05) is 19.8 Å². The van der Waals surface area contributed by atoms with Crippen LogP contribution in [0.4, 0.5) is 0 Å². The van der Waals surface area contributed by atoms with Gasteiger partial charge in [0.05, 0.1) is 25.4 Å². The molecule has 0 aromatic carbocycles. The third-order valence-corrected chi connectivity index (χ3v) is 5.74. The third-order valence-electron chi connectivity index (χ3n) is 5.74. The summed E-state index contributed by atoms with van der Waals surface area (Å²) in [5.74, 6) is -3.79. The van der Waals surface area contributed by atoms with E-state index in [4.69, 9.17) is 0 Å². The van der Waals surface area contributed by atoms with Crippen molar-refractivity contribution in [3.8, 4) is 0 Å². The Balaban J connectivity index is 1.93. The van der Waals surface area contributed by atoms with Crippen molar-refractivity contribution in [1.29, 1.82) is 0 Å². The number of aliphatic hydroxyl groups excluding tert-OH is 3. The summed E-state index contributed by atoms with van der Waals surface area (Å²) >= 11 is 0. The van der Waals surface area contributed by atoms with Crippen LogP contribution in [0, 0.1) is 5.92 Å². The fourth-order valence-electron chi connectivity index (χ4n) is 3.95. The predicted octanol–water partition coefficient (Wildman–Crippen LogP) is -3.19. The number of carboxylic acid groups (broad SMARTS) is 1. The van der Waals surface area contributed by atoms with Crippen LogP contribution in [0.1, 0.15) is 38.5 Å². The minimum absolute atomic E-state index is 0.158. The first-order chi connectivity index (χ1) is 14.8. The zero-order valence-corrected chi connectivity index (χ0v) is 17.2. The molecule has 0 radical (unpaired) electrons. The van der Waals surface area contributed by atoms with E-state index in [0.717, 1.165) is 19.3 Å². The number of aliphatic hydroxyl groups is 3. The van der Waals surface area contributed by atoms with Crippen LogP contribution in [0.25, 0.3) is 0 Å². The first kappa shape index (κ1) is 25.0. The van der Waals surface area contributed by atoms with E-state index in [-0.39, 0.29) is 18.9 Å². The SMILES string of the molecule is O=C(N[C@@H](CO)C(=O)N[C@@H](CO)C(=O)N[C@H](C(=O)O)C1CCCCC1)[C@@H]1C[C@@H](O)CN1. The molecule has 176 valence electrons. The maximum atomic E-state index is 12.5. The van der Waals surface area contributed by atoms with Gasteiger partial charge in [0.15, 0.2) is 0 Å². The van der Waals surface area contributed by atoms with Crippen molar-refractivity contribution in [1.82, 2.24) is 21.3 Å². The molecule has 5 atom stereocenters. The molecule has 0 aromatic heterocycles. The standard InChI is InChI=1S/C19H32N4O8/c24-8-13(21-16(27)12-6-11(26)7-20-12)17(28)22-14(9-25)18(29)23-15(19(30)31)10-4-2-1-3-5-10/h10-15,20,24-26H,1-9H2,(H,21,27)(H,22,28)(H,23,29)(H,30,31)/t11-,12+,13+,14+,15+/m1/s1. The average molecular weight is 444 g/mol. The Kier molecular flexibility index (Phi) is 9.62. The van der Waals surface area contributed by atoms with E-state index >= 15 is 0 Å². The number of hydrogen-bond acceptors (Lipinski definition) is 8. The molecule has 2 aliphatic rings. The van der Waals surface area contributed by atoms with Crippen LogP contribution < -0.4 is 21.3 Å². The highest BCUT2D eigenvalue weighted by molar-refractivity contribution is 5.94. The molecule has 2 fully saturated rings. The number of amides is 3. The fourth-order valence-corrected chi connectivity index (χ4v) is 3.95. The summed E-state index contributed by atoms with van der Waals surface area (Å²) in [5.41, 5.74) is 0. The molecule has 12 nitrogen and oxygen atoms in total. The molecule has 1 heterocycles. The molecule has 2 rings (SSSR count). The van der Waals surface area contributed by atoms with Crippen LogP contribution in [0.15, 0.2) is 0 Å². The van der Waals surface area contributed by atoms with Gasteiger partial charge in [0, 0.05) is 6.54 Å². The summed E-state index contributed by atoms with van der Waals surface area (Å²) in [7, 11) is 0. The molecule has 0 unspecified atom stereocenters. The number of aliphatic carboxylic acids is 1. The van der Waals surface area contributed by atoms with E-state index in [1.54, 1.807) is 0 Å². The smallest absolute Gasteiger partial charge is 0.326 e. The van der Waals surface area contributed by atoms with Crippen LogP contribution in [-0.4, -0.2) is 94.1 Å². The minimum atomic E-state index is -1.45. The molecule has 3 amide bonds. The first-order valence-corrected chi connectivity index (χ1v) is 10.5. The summed E-state index contributed by atoms with van der Waals surface area (Å²) in [6, 6.07) is -4.69. The van der Waals surface area contributed by atoms with Gasteiger partial charge in [0.1, 0.15) is 18.1 Å². The van der Waals surface area contributed by atoms with Gasteiger partial charge in [0.2, 0.25) is 17.7 Å². The molecule has 1 aliphatic heterocycles. The van der Waals surface area contributed by atoms with E-state index in [1.807, 2.05) is 0 Å². The number of carbonyl (C=O) groups is 4. The van der Waals surface area contributed by atoms with Crippen molar-refractivity contribution in [3.05, 3.63) is 0 Å². The van der Waals surface area contributed by atoms with Gasteiger partial charge < -0.3 is 41.7 Å². The van der Waals surface area contributed by atoms with Crippen LogP contribution in [0.3, 0.4) is 0 Å². The van der Waals surface area contributed by atoms with Crippen molar-refractivity contribution >= 4 is 23.7 Å². The van der Waals surface area contributed by atoms with Gasteiger partial charge in [-0.2, -0.15) is 0 Å². The van der Waals surface area contributed by atoms with Crippen molar-refractivity contribution in [2.24, 2.45) is 5.92 Å². The average Bonchev–Trinajstić information content (AvgIpc) is 3.20. The summed E-state index contributed by atoms with van der Waals surface area (Å²) in [6.45, 7) is -1.32. The monoisotopic (exact) mass is 444 g/mol. The number of carboxylic acids is 1. The molecule has 12 heteroatoms. The van der Waals surface area contributed by atoms with E-state index < -0.39 is 67.2 Å². The third kappa shape index (κ3) is 7.13. The zero-order chi connectivity index (χ0) is 23.0. The molecular formula is C19H32N4O8. The Hall–Kier alpha value is -2.28. The number of nitrogens with one attached hydrogen (secondary N) is 4. The van der Waals surface area contributed by atoms with Crippen LogP contribution in [0.2, 0.25) is 0 Å². The fraction of sp³-hybridized carbons (Fsp3) is 0.789. The van der Waals surface area contributed by atoms with Crippen LogP contribution >= 0.6 is 0 Å². The molecule has 1 saturated carbocycles. The molecule has 0 aromatic rings. The van der Waals surface area contributed by atoms with E-state index in [1.165, 1.54) is 0 Å². The topological polar surface area (TPSA) is 197 Å². The lowest BCUT2D eigenvalue weighted by atomic mass is 9.84. The van der Waals surface area contributed by atoms with Gasteiger partial charge in [-0.25, -0.2) is 4.79 Å². The summed E-state index contributed by atoms with van der Waals surface area (Å²) in [5, 5.41) is 47.7. The second-order valence-electron chi connectivity index (χ2n) is 8.06. The number of β-amino-alcohol motifs (C(OH)–C–C–N with tert-alkyl or cyclic N) is 1. The van der Waals surface area contributed by atoms with E-state index in [2.05, 4.69) is 21.3 Å². The quantitative estimate of drug-likeness (QED) is 0.171. The molecule has 0 spiro atoms. The van der Waals surface area contributed by atoms with Crippen LogP contribution in [-0.2, 0) is 19.2 Å². The summed E-state index contributed by atoms with van der Waals surface area (Å²) in [4.78, 5) is 48.7. The Morgan fingerprint density at radius 3 is 2.00 bits per heavy atom. The molecule has 8 N–H and O–H groups in total. The Morgan fingerprint density at radius 2 is 1.48 bits per heavy atom. The van der Waals surface area contributed by atoms with Gasteiger partial charge in [-0.1, -0.05) is 19.3 Å². The van der Waals surface area contributed by atoms with Crippen molar-refractivity contribution in [3.63, 3.8) is 0 Å². The van der Waals surface area contributed by atoms with Crippen molar-refractivity contribution in [2.45, 2.75) is 68.8 Å². The number of carbonyl (C=O) groups excluding carboxylic acids is 3. The van der Waals surface area contributed by atoms with Gasteiger partial charge in [-0.15, -0.1) is 0 Å². The van der Waals surface area contributed by atoms with Gasteiger partial charge in [-0.05, 0) is 25.2 Å². The molecular weight excluding hydrogens is 412 g/mol. The van der Waals surface area contributed by atoms with Gasteiger partial charge >= 0.3 is 5.97 Å². The summed E-state index contributed by atoms with van der Waals surface area (Å²) in [6.07, 6.45) is 3.54. The maximum Gasteiger partial charge on any atom is 0.326 e. The highest BCUT2D eigenvalue weighted by Crippen LogP contribution is 2.26. The van der Waals surface area contributed by atoms with Gasteiger partial charge in [0.25, 0.3) is 0 Å². The number of hydrogen-bond donors (Lipinski definition) is 8. The zero-order valence-electron chi connectivity index (χ0n) is 17.2. The molecule has 1 aliphatic carbocycles. The van der Waals surface area contributed by atoms with E-state index in [9.17, 15) is 39.6 Å².